The van der Waals surface area contributed by atoms with Crippen LogP contribution in [0.3, 0.4) is 0 Å². The van der Waals surface area contributed by atoms with E-state index < -0.39 is 0 Å². The van der Waals surface area contributed by atoms with Crippen molar-refractivity contribution in [3.05, 3.63) is 29.3 Å². The second-order valence-electron chi connectivity index (χ2n) is 3.56. The Bertz CT molecular complexity index is 309. The minimum Gasteiger partial charge on any atom is -0.493 e. The van der Waals surface area contributed by atoms with E-state index in [1.165, 1.54) is 0 Å². The largest absolute Gasteiger partial charge is 0.493 e. The summed E-state index contributed by atoms with van der Waals surface area (Å²) in [5.74, 6) is 1.81. The van der Waals surface area contributed by atoms with Crippen molar-refractivity contribution in [2.24, 2.45) is 5.73 Å². The van der Waals surface area contributed by atoms with Crippen molar-refractivity contribution in [1.82, 2.24) is 0 Å². The molecule has 1 unspecified atom stereocenters. The Hall–Kier alpha value is -0.380. The summed E-state index contributed by atoms with van der Waals surface area (Å²) in [7, 11) is 0. The van der Waals surface area contributed by atoms with Crippen LogP contribution in [0.25, 0.3) is 0 Å². The zero-order valence-corrected chi connectivity index (χ0v) is 11.1. The van der Waals surface area contributed by atoms with Gasteiger partial charge in [0, 0.05) is 16.0 Å². The zero-order chi connectivity index (χ0) is 11.8. The van der Waals surface area contributed by atoms with E-state index in [2.05, 4.69) is 6.92 Å². The van der Waals surface area contributed by atoms with Crippen molar-refractivity contribution >= 4 is 23.4 Å². The Morgan fingerprint density at radius 2 is 2.31 bits per heavy atom. The highest BCUT2D eigenvalue weighted by Gasteiger charge is 2.01. The first kappa shape index (κ1) is 13.7. The molecule has 0 aliphatic carbocycles. The molecule has 0 bridgehead atoms. The van der Waals surface area contributed by atoms with E-state index in [0.29, 0.717) is 16.9 Å². The van der Waals surface area contributed by atoms with Gasteiger partial charge in [-0.2, -0.15) is 11.8 Å². The lowest BCUT2D eigenvalue weighted by molar-refractivity contribution is 0.344. The third kappa shape index (κ3) is 5.64. The number of rotatable bonds is 7. The lowest BCUT2D eigenvalue weighted by Crippen LogP contribution is -2.09. The molecule has 0 heterocycles. The fourth-order valence-corrected chi connectivity index (χ4v) is 2.35. The van der Waals surface area contributed by atoms with E-state index in [0.717, 1.165) is 24.5 Å². The molecular weight excluding hydrogens is 242 g/mol. The monoisotopic (exact) mass is 259 g/mol. The molecule has 1 atom stereocenters. The van der Waals surface area contributed by atoms with E-state index in [1.807, 2.05) is 36.0 Å². The molecule has 0 aliphatic heterocycles. The van der Waals surface area contributed by atoms with Crippen molar-refractivity contribution in [3.8, 4) is 5.75 Å². The van der Waals surface area contributed by atoms with Gasteiger partial charge in [-0.15, -0.1) is 0 Å². The molecule has 2 nitrogen and oxygen atoms in total. The van der Waals surface area contributed by atoms with E-state index in [4.69, 9.17) is 22.1 Å². The highest BCUT2D eigenvalue weighted by atomic mass is 35.5. The Morgan fingerprint density at radius 3 is 3.00 bits per heavy atom. The summed E-state index contributed by atoms with van der Waals surface area (Å²) >= 11 is 7.74. The van der Waals surface area contributed by atoms with Gasteiger partial charge in [0.2, 0.25) is 0 Å². The number of thioether (sulfide) groups is 1. The highest BCUT2D eigenvalue weighted by molar-refractivity contribution is 7.99. The quantitative estimate of drug-likeness (QED) is 0.764. The maximum atomic E-state index is 5.85. The molecule has 16 heavy (non-hydrogen) atoms. The summed E-state index contributed by atoms with van der Waals surface area (Å²) in [5, 5.41) is 1.31. The molecule has 0 aliphatic rings. The predicted molar refractivity (Wildman–Crippen MR) is 72.5 cm³/mol. The normalized spacial score (nSPS) is 12.4. The van der Waals surface area contributed by atoms with Crippen LogP contribution in [0, 0.1) is 0 Å². The molecule has 4 heteroatoms. The van der Waals surface area contributed by atoms with Gasteiger partial charge in [-0.05, 0) is 31.2 Å². The Labute approximate surface area is 107 Å². The molecule has 0 amide bonds. The van der Waals surface area contributed by atoms with Gasteiger partial charge in [0.25, 0.3) is 0 Å². The number of halogens is 1. The standard InChI is InChI=1S/C12H18ClNOS/c1-10(5-6-14)16-8-7-15-12-4-2-3-11(13)9-12/h2-4,9-10H,5-8,14H2,1H3. The lowest BCUT2D eigenvalue weighted by Gasteiger charge is -2.10. The lowest BCUT2D eigenvalue weighted by atomic mass is 10.3. The number of hydrogen-bond acceptors (Lipinski definition) is 3. The molecule has 0 saturated heterocycles. The molecular formula is C12H18ClNOS. The molecule has 0 radical (unpaired) electrons. The molecule has 0 fully saturated rings. The molecule has 90 valence electrons. The first-order valence-corrected chi connectivity index (χ1v) is 6.85. The summed E-state index contributed by atoms with van der Waals surface area (Å²) in [6.07, 6.45) is 1.06. The van der Waals surface area contributed by atoms with Gasteiger partial charge in [0.05, 0.1) is 6.61 Å². The van der Waals surface area contributed by atoms with Crippen molar-refractivity contribution in [2.45, 2.75) is 18.6 Å². The first-order valence-electron chi connectivity index (χ1n) is 5.42. The van der Waals surface area contributed by atoms with Crippen molar-refractivity contribution < 1.29 is 4.74 Å². The average Bonchev–Trinajstić information content (AvgIpc) is 2.25. The summed E-state index contributed by atoms with van der Waals surface area (Å²) in [6, 6.07) is 7.48. The fourth-order valence-electron chi connectivity index (χ4n) is 1.28. The third-order valence-corrected chi connectivity index (χ3v) is 3.57. The smallest absolute Gasteiger partial charge is 0.120 e. The SMILES string of the molecule is CC(CCN)SCCOc1cccc(Cl)c1. The van der Waals surface area contributed by atoms with Crippen molar-refractivity contribution in [3.63, 3.8) is 0 Å². The minimum atomic E-state index is 0.605. The highest BCUT2D eigenvalue weighted by Crippen LogP contribution is 2.18. The van der Waals surface area contributed by atoms with Crippen LogP contribution in [0.2, 0.25) is 5.02 Å². The Morgan fingerprint density at radius 1 is 1.50 bits per heavy atom. The molecule has 0 aromatic heterocycles. The van der Waals surface area contributed by atoms with Crippen LogP contribution in [0.1, 0.15) is 13.3 Å². The molecule has 1 aromatic carbocycles. The van der Waals surface area contributed by atoms with E-state index in [1.54, 1.807) is 0 Å². The number of ether oxygens (including phenoxy) is 1. The van der Waals surface area contributed by atoms with Gasteiger partial charge < -0.3 is 10.5 Å². The molecule has 1 rings (SSSR count). The van der Waals surface area contributed by atoms with Crippen LogP contribution in [-0.2, 0) is 0 Å². The molecule has 0 spiro atoms. The maximum absolute atomic E-state index is 5.85. The zero-order valence-electron chi connectivity index (χ0n) is 9.49. The van der Waals surface area contributed by atoms with Crippen molar-refractivity contribution in [1.29, 1.82) is 0 Å². The predicted octanol–water partition coefficient (Wildman–Crippen LogP) is 3.19. The number of nitrogens with two attached hydrogens (primary N) is 1. The van der Waals surface area contributed by atoms with Gasteiger partial charge >= 0.3 is 0 Å². The van der Waals surface area contributed by atoms with Crippen LogP contribution in [-0.4, -0.2) is 24.2 Å². The van der Waals surface area contributed by atoms with E-state index in [-0.39, 0.29) is 0 Å². The number of benzene rings is 1. The van der Waals surface area contributed by atoms with Crippen LogP contribution < -0.4 is 10.5 Å². The van der Waals surface area contributed by atoms with Crippen molar-refractivity contribution in [2.75, 3.05) is 18.9 Å². The maximum Gasteiger partial charge on any atom is 0.120 e. The molecule has 2 N–H and O–H groups in total. The second kappa shape index (κ2) is 7.82. The fraction of sp³-hybridized carbons (Fsp3) is 0.500. The minimum absolute atomic E-state index is 0.605. The van der Waals surface area contributed by atoms with Crippen LogP contribution >= 0.6 is 23.4 Å². The topological polar surface area (TPSA) is 35.2 Å². The summed E-state index contributed by atoms with van der Waals surface area (Å²) in [4.78, 5) is 0. The Kier molecular flexibility index (Phi) is 6.69. The van der Waals surface area contributed by atoms with Crippen LogP contribution in [0.4, 0.5) is 0 Å². The third-order valence-electron chi connectivity index (χ3n) is 2.12. The molecule has 1 aromatic rings. The van der Waals surface area contributed by atoms with Gasteiger partial charge in [-0.1, -0.05) is 24.6 Å². The summed E-state index contributed by atoms with van der Waals surface area (Å²) in [5.41, 5.74) is 5.48. The second-order valence-corrected chi connectivity index (χ2v) is 5.55. The van der Waals surface area contributed by atoms with Gasteiger partial charge in [0.15, 0.2) is 0 Å². The average molecular weight is 260 g/mol. The van der Waals surface area contributed by atoms with Crippen LogP contribution in [0.15, 0.2) is 24.3 Å². The number of hydrogen-bond donors (Lipinski definition) is 1. The van der Waals surface area contributed by atoms with Crippen LogP contribution in [0.5, 0.6) is 5.75 Å². The first-order chi connectivity index (χ1) is 7.72. The van der Waals surface area contributed by atoms with E-state index in [9.17, 15) is 0 Å². The summed E-state index contributed by atoms with van der Waals surface area (Å²) < 4.78 is 5.58. The molecule has 0 saturated carbocycles. The summed E-state index contributed by atoms with van der Waals surface area (Å²) in [6.45, 7) is 3.65. The van der Waals surface area contributed by atoms with E-state index >= 15 is 0 Å². The Balaban J connectivity index is 2.16. The van der Waals surface area contributed by atoms with Gasteiger partial charge in [-0.25, -0.2) is 0 Å². The van der Waals surface area contributed by atoms with Gasteiger partial charge in [0.1, 0.15) is 5.75 Å². The van der Waals surface area contributed by atoms with Gasteiger partial charge in [-0.3, -0.25) is 0 Å².